The number of fused-ring (bicyclic) bond motifs is 1. The van der Waals surface area contributed by atoms with E-state index in [0.29, 0.717) is 22.8 Å². The van der Waals surface area contributed by atoms with E-state index in [2.05, 4.69) is 0 Å². The Morgan fingerprint density at radius 2 is 2.13 bits per heavy atom. The Labute approximate surface area is 93.2 Å². The third kappa shape index (κ3) is 1.28. The average molecular weight is 223 g/mol. The molecule has 15 heavy (non-hydrogen) atoms. The van der Waals surface area contributed by atoms with Crippen LogP contribution in [-0.4, -0.2) is 11.4 Å². The summed E-state index contributed by atoms with van der Waals surface area (Å²) in [7, 11) is 0. The van der Waals surface area contributed by atoms with Crippen LogP contribution in [0.2, 0.25) is 5.02 Å². The van der Waals surface area contributed by atoms with Crippen molar-refractivity contribution in [1.29, 1.82) is 0 Å². The molecule has 1 fully saturated rings. The molecule has 3 heteroatoms. The smallest absolute Gasteiger partial charge is 0.170 e. The first-order valence-corrected chi connectivity index (χ1v) is 5.59. The Morgan fingerprint density at radius 1 is 1.33 bits per heavy atom. The lowest BCUT2D eigenvalue weighted by atomic mass is 9.74. The van der Waals surface area contributed by atoms with Gasteiger partial charge in [-0.05, 0) is 31.4 Å². The number of para-hydroxylation sites is 1. The molecular formula is C12H11ClO2. The van der Waals surface area contributed by atoms with Gasteiger partial charge >= 0.3 is 0 Å². The monoisotopic (exact) mass is 222 g/mol. The molecule has 1 aromatic rings. The van der Waals surface area contributed by atoms with Crippen LogP contribution in [0.25, 0.3) is 0 Å². The Morgan fingerprint density at radius 3 is 2.80 bits per heavy atom. The van der Waals surface area contributed by atoms with E-state index in [1.165, 1.54) is 0 Å². The van der Waals surface area contributed by atoms with Crippen LogP contribution in [0.15, 0.2) is 18.2 Å². The molecule has 1 spiro atoms. The van der Waals surface area contributed by atoms with Crippen LogP contribution in [0.4, 0.5) is 0 Å². The summed E-state index contributed by atoms with van der Waals surface area (Å²) < 4.78 is 5.90. The Balaban J connectivity index is 2.09. The van der Waals surface area contributed by atoms with Gasteiger partial charge in [-0.2, -0.15) is 0 Å². The molecule has 0 N–H and O–H groups in total. The van der Waals surface area contributed by atoms with E-state index in [-0.39, 0.29) is 11.4 Å². The van der Waals surface area contributed by atoms with Gasteiger partial charge < -0.3 is 4.74 Å². The topological polar surface area (TPSA) is 26.3 Å². The second-order valence-electron chi connectivity index (χ2n) is 4.36. The molecule has 0 bridgehead atoms. The average Bonchev–Trinajstić information content (AvgIpc) is 2.17. The van der Waals surface area contributed by atoms with Crippen molar-refractivity contribution >= 4 is 17.4 Å². The minimum atomic E-state index is -0.227. The summed E-state index contributed by atoms with van der Waals surface area (Å²) in [6.45, 7) is 0. The number of ketones is 1. The predicted molar refractivity (Wildman–Crippen MR) is 57.6 cm³/mol. The van der Waals surface area contributed by atoms with Crippen molar-refractivity contribution in [2.24, 2.45) is 0 Å². The van der Waals surface area contributed by atoms with E-state index in [4.69, 9.17) is 16.3 Å². The van der Waals surface area contributed by atoms with Gasteiger partial charge in [0.05, 0.1) is 17.0 Å². The molecule has 3 rings (SSSR count). The van der Waals surface area contributed by atoms with Gasteiger partial charge in [-0.15, -0.1) is 0 Å². The summed E-state index contributed by atoms with van der Waals surface area (Å²) in [5.74, 6) is 0.758. The zero-order valence-electron chi connectivity index (χ0n) is 8.25. The molecule has 0 radical (unpaired) electrons. The number of rotatable bonds is 0. The summed E-state index contributed by atoms with van der Waals surface area (Å²) in [6, 6.07) is 5.35. The Hall–Kier alpha value is -1.02. The normalized spacial score (nSPS) is 21.8. The van der Waals surface area contributed by atoms with Gasteiger partial charge in [0.25, 0.3) is 0 Å². The number of benzene rings is 1. The number of Topliss-reactive ketones (excluding diaryl/α,β-unsaturated/α-hetero) is 1. The van der Waals surface area contributed by atoms with E-state index in [9.17, 15) is 4.79 Å². The molecule has 0 saturated heterocycles. The fraction of sp³-hybridized carbons (Fsp3) is 0.417. The second-order valence-corrected chi connectivity index (χ2v) is 4.76. The molecule has 2 aliphatic rings. The largest absolute Gasteiger partial charge is 0.484 e. The summed E-state index contributed by atoms with van der Waals surface area (Å²) in [6.07, 6.45) is 3.61. The minimum Gasteiger partial charge on any atom is -0.484 e. The molecule has 1 saturated carbocycles. The van der Waals surface area contributed by atoms with Gasteiger partial charge in [0.1, 0.15) is 11.4 Å². The maximum absolute atomic E-state index is 11.9. The van der Waals surface area contributed by atoms with Crippen LogP contribution in [0, 0.1) is 0 Å². The van der Waals surface area contributed by atoms with E-state index >= 15 is 0 Å². The molecule has 0 amide bonds. The van der Waals surface area contributed by atoms with Crippen LogP contribution < -0.4 is 4.74 Å². The molecule has 1 aliphatic heterocycles. The first-order valence-electron chi connectivity index (χ1n) is 5.21. The molecule has 0 atom stereocenters. The van der Waals surface area contributed by atoms with Crippen LogP contribution >= 0.6 is 11.6 Å². The van der Waals surface area contributed by atoms with Gasteiger partial charge in [-0.25, -0.2) is 0 Å². The van der Waals surface area contributed by atoms with Crippen LogP contribution in [0.5, 0.6) is 5.75 Å². The third-order valence-electron chi connectivity index (χ3n) is 3.33. The molecule has 1 aliphatic carbocycles. The number of carbonyl (C=O) groups excluding carboxylic acids is 1. The summed E-state index contributed by atoms with van der Waals surface area (Å²) in [5.41, 5.74) is 0.412. The lowest BCUT2D eigenvalue weighted by Gasteiger charge is -2.44. The van der Waals surface area contributed by atoms with Gasteiger partial charge in [0.15, 0.2) is 5.78 Å². The van der Waals surface area contributed by atoms with Crippen molar-refractivity contribution in [3.8, 4) is 5.75 Å². The summed E-state index contributed by atoms with van der Waals surface area (Å²) in [4.78, 5) is 11.9. The van der Waals surface area contributed by atoms with E-state index in [1.807, 2.05) is 0 Å². The fourth-order valence-corrected chi connectivity index (χ4v) is 2.54. The quantitative estimate of drug-likeness (QED) is 0.674. The Kier molecular flexibility index (Phi) is 1.84. The zero-order chi connectivity index (χ0) is 10.5. The molecular weight excluding hydrogens is 212 g/mol. The van der Waals surface area contributed by atoms with Crippen LogP contribution in [-0.2, 0) is 0 Å². The van der Waals surface area contributed by atoms with E-state index in [0.717, 1.165) is 19.3 Å². The number of ether oxygens (including phenoxy) is 1. The molecule has 2 nitrogen and oxygen atoms in total. The fourth-order valence-electron chi connectivity index (χ4n) is 2.32. The molecule has 1 heterocycles. The van der Waals surface area contributed by atoms with Gasteiger partial charge in [-0.1, -0.05) is 17.7 Å². The first kappa shape index (κ1) is 9.22. The maximum atomic E-state index is 11.9. The van der Waals surface area contributed by atoms with Gasteiger partial charge in [-0.3, -0.25) is 4.79 Å². The summed E-state index contributed by atoms with van der Waals surface area (Å²) >= 11 is 6.04. The predicted octanol–water partition coefficient (Wildman–Crippen LogP) is 3.23. The molecule has 0 aromatic heterocycles. The number of carbonyl (C=O) groups is 1. The molecule has 78 valence electrons. The number of halogens is 1. The first-order chi connectivity index (χ1) is 7.20. The highest BCUT2D eigenvalue weighted by atomic mass is 35.5. The van der Waals surface area contributed by atoms with Crippen molar-refractivity contribution in [2.45, 2.75) is 31.3 Å². The van der Waals surface area contributed by atoms with E-state index < -0.39 is 0 Å². The molecule has 1 aromatic carbocycles. The maximum Gasteiger partial charge on any atom is 0.170 e. The van der Waals surface area contributed by atoms with Crippen molar-refractivity contribution in [3.05, 3.63) is 28.8 Å². The number of hydrogen-bond donors (Lipinski definition) is 0. The highest BCUT2D eigenvalue weighted by Crippen LogP contribution is 2.46. The Bertz CT molecular complexity index is 435. The van der Waals surface area contributed by atoms with Gasteiger partial charge in [0.2, 0.25) is 0 Å². The SMILES string of the molecule is O=C1CC2(CCC2)Oc2c(Cl)cccc21. The van der Waals surface area contributed by atoms with Gasteiger partial charge in [0, 0.05) is 0 Å². The standard InChI is InChI=1S/C12H11ClO2/c13-9-4-1-3-8-10(14)7-12(5-2-6-12)15-11(8)9/h1,3-4H,2,5-7H2. The van der Waals surface area contributed by atoms with Crippen molar-refractivity contribution in [1.82, 2.24) is 0 Å². The van der Waals surface area contributed by atoms with Crippen molar-refractivity contribution in [3.63, 3.8) is 0 Å². The second kappa shape index (κ2) is 2.99. The zero-order valence-corrected chi connectivity index (χ0v) is 9.01. The molecule has 0 unspecified atom stereocenters. The van der Waals surface area contributed by atoms with Crippen LogP contribution in [0.1, 0.15) is 36.0 Å². The van der Waals surface area contributed by atoms with Crippen molar-refractivity contribution in [2.75, 3.05) is 0 Å². The van der Waals surface area contributed by atoms with E-state index in [1.54, 1.807) is 18.2 Å². The lowest BCUT2D eigenvalue weighted by molar-refractivity contribution is -0.0176. The third-order valence-corrected chi connectivity index (χ3v) is 3.63. The number of hydrogen-bond acceptors (Lipinski definition) is 2. The highest BCUT2D eigenvalue weighted by molar-refractivity contribution is 6.32. The van der Waals surface area contributed by atoms with Crippen molar-refractivity contribution < 1.29 is 9.53 Å². The summed E-state index contributed by atoms with van der Waals surface area (Å²) in [5, 5.41) is 0.548. The minimum absolute atomic E-state index is 0.165. The lowest BCUT2D eigenvalue weighted by Crippen LogP contribution is -2.47. The van der Waals surface area contributed by atoms with Crippen LogP contribution in [0.3, 0.4) is 0 Å². The highest BCUT2D eigenvalue weighted by Gasteiger charge is 2.45.